The second-order valence-corrected chi connectivity index (χ2v) is 7.70. The zero-order valence-corrected chi connectivity index (χ0v) is 8.60. The van der Waals surface area contributed by atoms with Gasteiger partial charge in [0.1, 0.15) is 0 Å². The minimum Gasteiger partial charge on any atom is -0.456 e. The van der Waals surface area contributed by atoms with E-state index < -0.39 is 8.32 Å². The van der Waals surface area contributed by atoms with Crippen LogP contribution in [0.15, 0.2) is 5.16 Å². The maximum Gasteiger partial charge on any atom is 0.278 e. The summed E-state index contributed by atoms with van der Waals surface area (Å²) in [6.45, 7) is 6.29. The van der Waals surface area contributed by atoms with Gasteiger partial charge in [0.15, 0.2) is 0 Å². The summed E-state index contributed by atoms with van der Waals surface area (Å²) in [5.41, 5.74) is 0. The van der Waals surface area contributed by atoms with Crippen molar-refractivity contribution in [1.82, 2.24) is 0 Å². The average molecular weight is 210 g/mol. The lowest BCUT2D eigenvalue weighted by atomic mass is 10.9. The largest absolute Gasteiger partial charge is 0.456 e. The zero-order valence-electron chi connectivity index (χ0n) is 6.02. The molecule has 0 atom stereocenters. The second kappa shape index (κ2) is 4.06. The highest BCUT2D eigenvalue weighted by Gasteiger charge is 2.14. The fourth-order valence-electron chi connectivity index (χ4n) is 0.224. The summed E-state index contributed by atoms with van der Waals surface area (Å²) in [7, 11) is -1.41. The molecule has 0 aromatic carbocycles. The van der Waals surface area contributed by atoms with Crippen LogP contribution in [0.25, 0.3) is 0 Å². The van der Waals surface area contributed by atoms with Crippen molar-refractivity contribution < 1.29 is 4.53 Å². The number of alkyl halides is 1. The van der Waals surface area contributed by atoms with Gasteiger partial charge in [-0.3, -0.25) is 0 Å². The van der Waals surface area contributed by atoms with Gasteiger partial charge in [-0.05, 0) is 19.6 Å². The first-order valence-corrected chi connectivity index (χ1v) is 7.35. The van der Waals surface area contributed by atoms with Crippen LogP contribution in [0.1, 0.15) is 0 Å². The van der Waals surface area contributed by atoms with Gasteiger partial charge >= 0.3 is 0 Å². The third-order valence-electron chi connectivity index (χ3n) is 0.470. The van der Waals surface area contributed by atoms with E-state index in [1.807, 2.05) is 0 Å². The van der Waals surface area contributed by atoms with Crippen molar-refractivity contribution in [2.45, 2.75) is 19.6 Å². The molecule has 0 saturated carbocycles. The highest BCUT2D eigenvalue weighted by molar-refractivity contribution is 9.09. The van der Waals surface area contributed by atoms with Gasteiger partial charge in [-0.15, -0.1) is 5.16 Å². The number of nitrogens with zero attached hydrogens (tertiary/aromatic N) is 1. The molecule has 0 fully saturated rings. The molecule has 0 aromatic rings. The highest BCUT2D eigenvalue weighted by Crippen LogP contribution is 2.01. The van der Waals surface area contributed by atoms with Crippen LogP contribution in [0.4, 0.5) is 0 Å². The van der Waals surface area contributed by atoms with E-state index in [0.717, 1.165) is 5.33 Å². The summed E-state index contributed by atoms with van der Waals surface area (Å²) in [5.74, 6) is 0. The molecule has 0 aliphatic carbocycles. The van der Waals surface area contributed by atoms with Gasteiger partial charge in [0.25, 0.3) is 8.32 Å². The van der Waals surface area contributed by atoms with Gasteiger partial charge in [0, 0.05) is 5.33 Å². The lowest BCUT2D eigenvalue weighted by Gasteiger charge is -2.11. The lowest BCUT2D eigenvalue weighted by molar-refractivity contribution is 0.337. The topological polar surface area (TPSA) is 21.6 Å². The van der Waals surface area contributed by atoms with Gasteiger partial charge in [-0.2, -0.15) is 0 Å². The van der Waals surface area contributed by atoms with Crippen LogP contribution < -0.4 is 0 Å². The molecule has 0 aliphatic rings. The monoisotopic (exact) mass is 209 g/mol. The third-order valence-corrected chi connectivity index (χ3v) is 1.41. The van der Waals surface area contributed by atoms with Crippen molar-refractivity contribution in [3.63, 3.8) is 0 Å². The molecule has 0 spiro atoms. The van der Waals surface area contributed by atoms with E-state index in [1.54, 1.807) is 6.21 Å². The van der Waals surface area contributed by atoms with E-state index >= 15 is 0 Å². The minimum atomic E-state index is -1.41. The van der Waals surface area contributed by atoms with E-state index in [0.29, 0.717) is 0 Å². The Morgan fingerprint density at radius 2 is 2.11 bits per heavy atom. The molecule has 54 valence electrons. The van der Waals surface area contributed by atoms with Crippen molar-refractivity contribution >= 4 is 30.5 Å². The van der Waals surface area contributed by atoms with Gasteiger partial charge in [-0.25, -0.2) is 0 Å². The van der Waals surface area contributed by atoms with Crippen LogP contribution in [0.5, 0.6) is 0 Å². The molecule has 0 amide bonds. The summed E-state index contributed by atoms with van der Waals surface area (Å²) in [4.78, 5) is 0. The summed E-state index contributed by atoms with van der Waals surface area (Å²) in [6.07, 6.45) is 1.71. The Kier molecular flexibility index (Phi) is 4.13. The maximum absolute atomic E-state index is 5.15. The molecule has 0 N–H and O–H groups in total. The molecule has 0 bridgehead atoms. The molecule has 2 nitrogen and oxygen atoms in total. The summed E-state index contributed by atoms with van der Waals surface area (Å²) in [5, 5.41) is 4.51. The Morgan fingerprint density at radius 1 is 1.56 bits per heavy atom. The Bertz CT molecular complexity index is 99.6. The van der Waals surface area contributed by atoms with Crippen LogP contribution in [0.2, 0.25) is 19.6 Å². The van der Waals surface area contributed by atoms with E-state index in [1.165, 1.54) is 0 Å². The predicted molar refractivity (Wildman–Crippen MR) is 46.7 cm³/mol. The summed E-state index contributed by atoms with van der Waals surface area (Å²) < 4.78 is 5.15. The molecule has 0 aromatic heterocycles. The highest BCUT2D eigenvalue weighted by atomic mass is 79.9. The first-order chi connectivity index (χ1) is 4.06. The van der Waals surface area contributed by atoms with E-state index in [9.17, 15) is 0 Å². The number of hydrogen-bond donors (Lipinski definition) is 0. The van der Waals surface area contributed by atoms with Crippen LogP contribution in [0.3, 0.4) is 0 Å². The van der Waals surface area contributed by atoms with Gasteiger partial charge in [0.05, 0.1) is 6.21 Å². The SMILES string of the molecule is C[Si](C)(C)O/N=C/CBr. The fourth-order valence-corrected chi connectivity index (χ4v) is 0.733. The Balaban J connectivity index is 3.38. The Hall–Kier alpha value is 0.167. The summed E-state index contributed by atoms with van der Waals surface area (Å²) in [6, 6.07) is 0. The average Bonchev–Trinajstić information content (AvgIpc) is 1.63. The van der Waals surface area contributed by atoms with Gasteiger partial charge < -0.3 is 4.53 Å². The third kappa shape index (κ3) is 8.17. The number of halogens is 1. The quantitative estimate of drug-likeness (QED) is 0.303. The Labute approximate surface area is 65.5 Å². The van der Waals surface area contributed by atoms with Gasteiger partial charge in [-0.1, -0.05) is 15.9 Å². The minimum absolute atomic E-state index is 0.761. The van der Waals surface area contributed by atoms with E-state index in [-0.39, 0.29) is 0 Å². The number of rotatable bonds is 3. The molecule has 0 saturated heterocycles. The Morgan fingerprint density at radius 3 is 2.44 bits per heavy atom. The number of hydrogen-bond acceptors (Lipinski definition) is 2. The predicted octanol–water partition coefficient (Wildman–Crippen LogP) is 2.22. The maximum atomic E-state index is 5.15. The van der Waals surface area contributed by atoms with Crippen LogP contribution in [-0.4, -0.2) is 19.9 Å². The van der Waals surface area contributed by atoms with Gasteiger partial charge in [0.2, 0.25) is 0 Å². The zero-order chi connectivity index (χ0) is 7.33. The lowest BCUT2D eigenvalue weighted by Crippen LogP contribution is -2.22. The molecule has 0 rings (SSSR count). The standard InChI is InChI=1S/C5H12BrNOSi/c1-9(2,3)8-7-5-4-6/h5H,4H2,1-3H3/b7-5+. The first-order valence-electron chi connectivity index (χ1n) is 2.82. The molecular formula is C5H12BrNOSi. The second-order valence-electron chi connectivity index (χ2n) is 2.65. The van der Waals surface area contributed by atoms with E-state index in [2.05, 4.69) is 40.7 Å². The van der Waals surface area contributed by atoms with Crippen molar-refractivity contribution in [2.75, 3.05) is 5.33 Å². The fraction of sp³-hybridized carbons (Fsp3) is 0.800. The first kappa shape index (κ1) is 9.17. The van der Waals surface area contributed by atoms with Crippen molar-refractivity contribution in [3.05, 3.63) is 0 Å². The molecule has 0 radical (unpaired) electrons. The smallest absolute Gasteiger partial charge is 0.278 e. The molecular weight excluding hydrogens is 198 g/mol. The molecule has 0 unspecified atom stereocenters. The molecule has 0 heterocycles. The molecule has 9 heavy (non-hydrogen) atoms. The van der Waals surface area contributed by atoms with Crippen molar-refractivity contribution in [3.8, 4) is 0 Å². The number of oxime groups is 1. The van der Waals surface area contributed by atoms with E-state index in [4.69, 9.17) is 4.53 Å². The van der Waals surface area contributed by atoms with Crippen LogP contribution >= 0.6 is 15.9 Å². The molecule has 4 heteroatoms. The normalized spacial score (nSPS) is 12.4. The molecule has 0 aliphatic heterocycles. The van der Waals surface area contributed by atoms with Crippen molar-refractivity contribution in [1.29, 1.82) is 0 Å². The van der Waals surface area contributed by atoms with Crippen molar-refractivity contribution in [2.24, 2.45) is 5.16 Å². The van der Waals surface area contributed by atoms with Crippen LogP contribution in [-0.2, 0) is 4.53 Å². The van der Waals surface area contributed by atoms with Crippen LogP contribution in [0, 0.1) is 0 Å². The summed E-state index contributed by atoms with van der Waals surface area (Å²) >= 11 is 3.20.